The molecule has 1 amide bonds. The Morgan fingerprint density at radius 3 is 3.12 bits per heavy atom. The lowest BCUT2D eigenvalue weighted by molar-refractivity contribution is -0.121. The second-order valence-corrected chi connectivity index (χ2v) is 4.48. The maximum absolute atomic E-state index is 11.5. The van der Waals surface area contributed by atoms with Crippen LogP contribution in [0.2, 0.25) is 0 Å². The molecule has 0 aliphatic rings. The average molecular weight is 250 g/mol. The first-order valence-corrected chi connectivity index (χ1v) is 6.24. The first-order chi connectivity index (χ1) is 8.24. The zero-order valence-corrected chi connectivity index (χ0v) is 10.1. The Bertz CT molecular complexity index is 477. The zero-order chi connectivity index (χ0) is 12.1. The number of nitrogens with zero attached hydrogens (tertiary/aromatic N) is 2. The lowest BCUT2D eigenvalue weighted by Crippen LogP contribution is -2.29. The Hall–Kier alpha value is -1.82. The van der Waals surface area contributed by atoms with Crippen LogP contribution in [-0.2, 0) is 17.8 Å². The molecule has 17 heavy (non-hydrogen) atoms. The van der Waals surface area contributed by atoms with E-state index >= 15 is 0 Å². The van der Waals surface area contributed by atoms with E-state index in [0.717, 1.165) is 6.42 Å². The monoisotopic (exact) mass is 250 g/mol. The molecule has 0 atom stereocenters. The van der Waals surface area contributed by atoms with E-state index < -0.39 is 0 Å². The van der Waals surface area contributed by atoms with Crippen LogP contribution in [0.1, 0.15) is 5.56 Å². The smallest absolute Gasteiger partial charge is 0.241 e. The number of nitrogens with one attached hydrogen (secondary N) is 1. The summed E-state index contributed by atoms with van der Waals surface area (Å²) in [5, 5.41) is 10.9. The predicted octanol–water partition coefficient (Wildman–Crippen LogP) is 0.886. The summed E-state index contributed by atoms with van der Waals surface area (Å²) in [6.07, 6.45) is 4.02. The van der Waals surface area contributed by atoms with Gasteiger partial charge in [0.2, 0.25) is 5.91 Å². The second-order valence-electron chi connectivity index (χ2n) is 3.70. The minimum Gasteiger partial charge on any atom is -0.396 e. The highest BCUT2D eigenvalue weighted by Gasteiger charge is 2.03. The van der Waals surface area contributed by atoms with E-state index in [1.54, 1.807) is 17.5 Å². The van der Waals surface area contributed by atoms with Crippen LogP contribution in [0.25, 0.3) is 0 Å². The minimum atomic E-state index is -0.0525. The van der Waals surface area contributed by atoms with Crippen LogP contribution in [0.4, 0.5) is 5.69 Å². The van der Waals surface area contributed by atoms with Gasteiger partial charge in [-0.25, -0.2) is 0 Å². The van der Waals surface area contributed by atoms with E-state index in [1.807, 2.05) is 5.38 Å². The normalized spacial score (nSPS) is 10.4. The summed E-state index contributed by atoms with van der Waals surface area (Å²) in [6, 6.07) is 2.06. The van der Waals surface area contributed by atoms with Crippen LogP contribution < -0.4 is 11.1 Å². The Morgan fingerprint density at radius 2 is 2.47 bits per heavy atom. The molecule has 90 valence electrons. The summed E-state index contributed by atoms with van der Waals surface area (Å²) in [5.74, 6) is -0.0525. The molecule has 0 aromatic carbocycles. The number of thiophene rings is 1. The third-order valence-electron chi connectivity index (χ3n) is 2.27. The van der Waals surface area contributed by atoms with Crippen molar-refractivity contribution in [3.8, 4) is 0 Å². The number of amides is 1. The molecule has 2 aromatic heterocycles. The number of nitrogen functional groups attached to an aromatic ring is 1. The highest BCUT2D eigenvalue weighted by Crippen LogP contribution is 2.05. The fourth-order valence-electron chi connectivity index (χ4n) is 1.45. The van der Waals surface area contributed by atoms with Crippen molar-refractivity contribution in [2.24, 2.45) is 0 Å². The predicted molar refractivity (Wildman–Crippen MR) is 67.7 cm³/mol. The van der Waals surface area contributed by atoms with Crippen molar-refractivity contribution in [3.05, 3.63) is 34.8 Å². The Morgan fingerprint density at radius 1 is 1.59 bits per heavy atom. The number of hydrogen-bond acceptors (Lipinski definition) is 4. The van der Waals surface area contributed by atoms with Gasteiger partial charge in [0.1, 0.15) is 6.54 Å². The maximum Gasteiger partial charge on any atom is 0.241 e. The number of anilines is 1. The van der Waals surface area contributed by atoms with Crippen LogP contribution in [0.3, 0.4) is 0 Å². The number of hydrogen-bond donors (Lipinski definition) is 2. The first kappa shape index (κ1) is 11.7. The Labute approximate surface area is 103 Å². The van der Waals surface area contributed by atoms with Gasteiger partial charge in [-0.2, -0.15) is 16.4 Å². The van der Waals surface area contributed by atoms with Gasteiger partial charge in [0, 0.05) is 12.7 Å². The molecule has 3 N–H and O–H groups in total. The summed E-state index contributed by atoms with van der Waals surface area (Å²) in [6.45, 7) is 0.854. The van der Waals surface area contributed by atoms with E-state index in [0.29, 0.717) is 12.2 Å². The quantitative estimate of drug-likeness (QED) is 0.827. The van der Waals surface area contributed by atoms with E-state index in [9.17, 15) is 4.79 Å². The summed E-state index contributed by atoms with van der Waals surface area (Å²) in [7, 11) is 0. The van der Waals surface area contributed by atoms with Gasteiger partial charge < -0.3 is 11.1 Å². The lowest BCUT2D eigenvalue weighted by atomic mass is 10.2. The molecule has 0 unspecified atom stereocenters. The molecular weight excluding hydrogens is 236 g/mol. The van der Waals surface area contributed by atoms with Gasteiger partial charge in [-0.3, -0.25) is 9.48 Å². The highest BCUT2D eigenvalue weighted by atomic mass is 32.1. The number of nitrogens with two attached hydrogens (primary N) is 1. The molecule has 0 aliphatic carbocycles. The number of carbonyl (C=O) groups excluding carboxylic acids is 1. The van der Waals surface area contributed by atoms with Gasteiger partial charge >= 0.3 is 0 Å². The summed E-state index contributed by atoms with van der Waals surface area (Å²) >= 11 is 1.66. The molecule has 0 bridgehead atoms. The first-order valence-electron chi connectivity index (χ1n) is 5.30. The molecule has 0 saturated heterocycles. The van der Waals surface area contributed by atoms with Crippen LogP contribution in [0.15, 0.2) is 29.2 Å². The van der Waals surface area contributed by atoms with Crippen molar-refractivity contribution < 1.29 is 4.79 Å². The molecule has 6 heteroatoms. The van der Waals surface area contributed by atoms with Crippen molar-refractivity contribution in [1.29, 1.82) is 0 Å². The second kappa shape index (κ2) is 5.49. The molecular formula is C11H14N4OS. The van der Waals surface area contributed by atoms with Gasteiger partial charge in [-0.05, 0) is 28.8 Å². The third kappa shape index (κ3) is 3.60. The molecule has 2 rings (SSSR count). The van der Waals surface area contributed by atoms with Crippen molar-refractivity contribution in [2.45, 2.75) is 13.0 Å². The number of aromatic nitrogens is 2. The van der Waals surface area contributed by atoms with Gasteiger partial charge in [-0.1, -0.05) is 0 Å². The number of rotatable bonds is 5. The molecule has 2 heterocycles. The SMILES string of the molecule is Nc1cnn(CC(=O)NCCc2ccsc2)c1. The highest BCUT2D eigenvalue weighted by molar-refractivity contribution is 7.07. The zero-order valence-electron chi connectivity index (χ0n) is 9.30. The van der Waals surface area contributed by atoms with Gasteiger partial charge in [0.15, 0.2) is 0 Å². The van der Waals surface area contributed by atoms with Crippen molar-refractivity contribution in [3.63, 3.8) is 0 Å². The fraction of sp³-hybridized carbons (Fsp3) is 0.273. The molecule has 0 saturated carbocycles. The minimum absolute atomic E-state index is 0.0525. The van der Waals surface area contributed by atoms with Crippen molar-refractivity contribution in [1.82, 2.24) is 15.1 Å². The third-order valence-corrected chi connectivity index (χ3v) is 3.01. The van der Waals surface area contributed by atoms with E-state index in [4.69, 9.17) is 5.73 Å². The maximum atomic E-state index is 11.5. The summed E-state index contributed by atoms with van der Waals surface area (Å²) < 4.78 is 1.52. The van der Waals surface area contributed by atoms with E-state index in [1.165, 1.54) is 16.4 Å². The average Bonchev–Trinajstić information content (AvgIpc) is 2.90. The summed E-state index contributed by atoms with van der Waals surface area (Å²) in [5.41, 5.74) is 7.32. The van der Waals surface area contributed by atoms with Gasteiger partial charge in [0.25, 0.3) is 0 Å². The largest absolute Gasteiger partial charge is 0.396 e. The molecule has 5 nitrogen and oxygen atoms in total. The van der Waals surface area contributed by atoms with E-state index in [-0.39, 0.29) is 12.5 Å². The van der Waals surface area contributed by atoms with Crippen molar-refractivity contribution in [2.75, 3.05) is 12.3 Å². The van der Waals surface area contributed by atoms with Gasteiger partial charge in [0.05, 0.1) is 11.9 Å². The molecule has 0 aliphatic heterocycles. The summed E-state index contributed by atoms with van der Waals surface area (Å²) in [4.78, 5) is 11.5. The molecule has 2 aromatic rings. The number of carbonyl (C=O) groups is 1. The van der Waals surface area contributed by atoms with Crippen LogP contribution in [-0.4, -0.2) is 22.2 Å². The van der Waals surface area contributed by atoms with Crippen LogP contribution >= 0.6 is 11.3 Å². The topological polar surface area (TPSA) is 72.9 Å². The molecule has 0 fully saturated rings. The molecule has 0 spiro atoms. The van der Waals surface area contributed by atoms with Gasteiger partial charge in [-0.15, -0.1) is 0 Å². The molecule has 0 radical (unpaired) electrons. The Balaban J connectivity index is 1.71. The van der Waals surface area contributed by atoms with Crippen LogP contribution in [0.5, 0.6) is 0 Å². The standard InChI is InChI=1S/C11H14N4OS/c12-10-5-14-15(6-10)7-11(16)13-3-1-9-2-4-17-8-9/h2,4-6,8H,1,3,7,12H2,(H,13,16). The fourth-order valence-corrected chi connectivity index (χ4v) is 2.15. The van der Waals surface area contributed by atoms with Crippen molar-refractivity contribution >= 4 is 22.9 Å². The van der Waals surface area contributed by atoms with E-state index in [2.05, 4.69) is 21.9 Å². The Kier molecular flexibility index (Phi) is 3.77. The van der Waals surface area contributed by atoms with Crippen LogP contribution in [0, 0.1) is 0 Å². The lowest BCUT2D eigenvalue weighted by Gasteiger charge is -2.04.